The molecule has 9 nitrogen and oxygen atoms in total. The number of hydrogen-bond donors (Lipinski definition) is 2. The molecule has 1 aliphatic rings. The van der Waals surface area contributed by atoms with Gasteiger partial charge >= 0.3 is 5.97 Å². The SMILES string of the molecule is CCCCCC(=O)ON/C(=N/S(=O)(=O)c1c(C)c(C)c2c(c1C)CC(C)(C)O2)NOC(C)(C)C. The number of ether oxygens (including phenoxy) is 1. The minimum Gasteiger partial charge on any atom is -0.487 e. The Kier molecular flexibility index (Phi) is 8.63. The van der Waals surface area contributed by atoms with Crippen LogP contribution < -0.4 is 15.7 Å². The van der Waals surface area contributed by atoms with E-state index in [4.69, 9.17) is 14.4 Å². The maximum absolute atomic E-state index is 13.5. The molecular formula is C24H39N3O6S. The van der Waals surface area contributed by atoms with E-state index in [0.29, 0.717) is 24.0 Å². The largest absolute Gasteiger partial charge is 0.487 e. The molecule has 0 saturated heterocycles. The quantitative estimate of drug-likeness (QED) is 0.248. The highest BCUT2D eigenvalue weighted by atomic mass is 32.2. The summed E-state index contributed by atoms with van der Waals surface area (Å²) in [5.41, 5.74) is 6.51. The molecule has 0 bridgehead atoms. The van der Waals surface area contributed by atoms with Gasteiger partial charge in [-0.2, -0.15) is 13.9 Å². The fourth-order valence-corrected chi connectivity index (χ4v) is 5.19. The smallest absolute Gasteiger partial charge is 0.332 e. The Hall–Kier alpha value is -2.33. The first-order valence-corrected chi connectivity index (χ1v) is 13.1. The molecule has 0 unspecified atom stereocenters. The van der Waals surface area contributed by atoms with Crippen molar-refractivity contribution in [2.75, 3.05) is 0 Å². The third-order valence-electron chi connectivity index (χ3n) is 5.46. The zero-order valence-electron chi connectivity index (χ0n) is 21.8. The van der Waals surface area contributed by atoms with E-state index >= 15 is 0 Å². The second-order valence-electron chi connectivity index (χ2n) is 10.3. The molecule has 0 fully saturated rings. The summed E-state index contributed by atoms with van der Waals surface area (Å²) in [6.07, 6.45) is 3.34. The number of hydroxylamine groups is 2. The third-order valence-corrected chi connectivity index (χ3v) is 7.01. The van der Waals surface area contributed by atoms with Gasteiger partial charge in [0, 0.05) is 18.4 Å². The summed E-state index contributed by atoms with van der Waals surface area (Å²) in [5, 5.41) is 0. The van der Waals surface area contributed by atoms with E-state index in [2.05, 4.69) is 15.4 Å². The lowest BCUT2D eigenvalue weighted by Crippen LogP contribution is -2.43. The summed E-state index contributed by atoms with van der Waals surface area (Å²) in [6, 6.07) is 0. The van der Waals surface area contributed by atoms with Crippen molar-refractivity contribution in [3.63, 3.8) is 0 Å². The van der Waals surface area contributed by atoms with Gasteiger partial charge < -0.3 is 9.57 Å². The van der Waals surface area contributed by atoms with Crippen LogP contribution >= 0.6 is 0 Å². The van der Waals surface area contributed by atoms with Crippen LogP contribution in [-0.2, 0) is 30.9 Å². The average molecular weight is 498 g/mol. The van der Waals surface area contributed by atoms with Gasteiger partial charge in [0.05, 0.1) is 10.5 Å². The number of hydrogen-bond acceptors (Lipinski definition) is 6. The van der Waals surface area contributed by atoms with E-state index in [0.717, 1.165) is 29.7 Å². The van der Waals surface area contributed by atoms with Gasteiger partial charge in [-0.05, 0) is 78.5 Å². The number of guanidine groups is 1. The Bertz CT molecular complexity index is 1060. The van der Waals surface area contributed by atoms with Gasteiger partial charge in [-0.1, -0.05) is 19.8 Å². The number of carbonyl (C=O) groups is 1. The fourth-order valence-electron chi connectivity index (χ4n) is 3.73. The molecule has 1 aliphatic heterocycles. The van der Waals surface area contributed by atoms with E-state index in [1.54, 1.807) is 34.6 Å². The van der Waals surface area contributed by atoms with Gasteiger partial charge in [-0.15, -0.1) is 4.40 Å². The minimum atomic E-state index is -4.20. The third kappa shape index (κ3) is 7.09. The second kappa shape index (κ2) is 10.5. The van der Waals surface area contributed by atoms with Crippen LogP contribution in [0, 0.1) is 20.8 Å². The van der Waals surface area contributed by atoms with Gasteiger partial charge in [0.25, 0.3) is 16.0 Å². The summed E-state index contributed by atoms with van der Waals surface area (Å²) in [6.45, 7) is 16.7. The summed E-state index contributed by atoms with van der Waals surface area (Å²) in [4.78, 5) is 22.6. The summed E-state index contributed by atoms with van der Waals surface area (Å²) in [7, 11) is -4.20. The summed E-state index contributed by atoms with van der Waals surface area (Å²) >= 11 is 0. The number of nitrogens with zero attached hydrogens (tertiary/aromatic N) is 1. The van der Waals surface area contributed by atoms with Crippen molar-refractivity contribution >= 4 is 22.0 Å². The van der Waals surface area contributed by atoms with Crippen molar-refractivity contribution in [2.45, 2.75) is 111 Å². The maximum Gasteiger partial charge on any atom is 0.332 e. The molecule has 0 aromatic heterocycles. The normalized spacial score (nSPS) is 15.5. The van der Waals surface area contributed by atoms with Gasteiger partial charge in [0.1, 0.15) is 11.4 Å². The van der Waals surface area contributed by atoms with Crippen LogP contribution in [0.25, 0.3) is 0 Å². The lowest BCUT2D eigenvalue weighted by Gasteiger charge is -2.21. The molecule has 2 rings (SSSR count). The molecule has 192 valence electrons. The van der Waals surface area contributed by atoms with Crippen molar-refractivity contribution in [3.05, 3.63) is 22.3 Å². The number of sulfonamides is 1. The van der Waals surface area contributed by atoms with Crippen molar-refractivity contribution < 1.29 is 27.6 Å². The van der Waals surface area contributed by atoms with Crippen molar-refractivity contribution in [2.24, 2.45) is 4.40 Å². The summed E-state index contributed by atoms with van der Waals surface area (Å²) < 4.78 is 36.9. The molecule has 0 atom stereocenters. The van der Waals surface area contributed by atoms with Crippen molar-refractivity contribution in [1.29, 1.82) is 0 Å². The molecule has 0 radical (unpaired) electrons. The predicted octanol–water partition coefficient (Wildman–Crippen LogP) is 4.32. The van der Waals surface area contributed by atoms with Crippen LogP contribution in [0.5, 0.6) is 5.75 Å². The highest BCUT2D eigenvalue weighted by Gasteiger charge is 2.36. The van der Waals surface area contributed by atoms with Crippen LogP contribution in [0.3, 0.4) is 0 Å². The number of nitrogens with one attached hydrogen (secondary N) is 2. The molecule has 0 saturated carbocycles. The van der Waals surface area contributed by atoms with Crippen molar-refractivity contribution in [3.8, 4) is 5.75 Å². The molecule has 0 amide bonds. The zero-order chi connectivity index (χ0) is 25.9. The lowest BCUT2D eigenvalue weighted by molar-refractivity contribution is -0.148. The highest BCUT2D eigenvalue weighted by Crippen LogP contribution is 2.44. The zero-order valence-corrected chi connectivity index (χ0v) is 22.7. The first-order valence-electron chi connectivity index (χ1n) is 11.6. The summed E-state index contributed by atoms with van der Waals surface area (Å²) in [5.74, 6) is -0.125. The Balaban J connectivity index is 2.41. The predicted molar refractivity (Wildman–Crippen MR) is 131 cm³/mol. The molecule has 0 spiro atoms. The average Bonchev–Trinajstić information content (AvgIpc) is 3.04. The fraction of sp³-hybridized carbons (Fsp3) is 0.667. The number of rotatable bonds is 7. The first kappa shape index (κ1) is 27.9. The van der Waals surface area contributed by atoms with Crippen LogP contribution in [0.4, 0.5) is 0 Å². The van der Waals surface area contributed by atoms with Gasteiger partial charge in [0.15, 0.2) is 0 Å². The Labute approximate surface area is 203 Å². The molecule has 0 aliphatic carbocycles. The molecule has 34 heavy (non-hydrogen) atoms. The van der Waals surface area contributed by atoms with Gasteiger partial charge in [0.2, 0.25) is 0 Å². The first-order chi connectivity index (χ1) is 15.6. The van der Waals surface area contributed by atoms with E-state index in [-0.39, 0.29) is 17.3 Å². The lowest BCUT2D eigenvalue weighted by atomic mass is 9.94. The number of benzene rings is 1. The van der Waals surface area contributed by atoms with E-state index < -0.39 is 27.2 Å². The van der Waals surface area contributed by atoms with Crippen LogP contribution in [0.15, 0.2) is 9.29 Å². The molecule has 10 heteroatoms. The number of unbranched alkanes of at least 4 members (excludes halogenated alkanes) is 2. The van der Waals surface area contributed by atoms with Crippen LogP contribution in [-0.4, -0.2) is 31.5 Å². The van der Waals surface area contributed by atoms with Gasteiger partial charge in [-0.3, -0.25) is 4.84 Å². The Morgan fingerprint density at radius 3 is 2.32 bits per heavy atom. The van der Waals surface area contributed by atoms with Crippen LogP contribution in [0.1, 0.15) is 89.5 Å². The molecule has 2 N–H and O–H groups in total. The van der Waals surface area contributed by atoms with E-state index in [9.17, 15) is 13.2 Å². The minimum absolute atomic E-state index is 0.108. The van der Waals surface area contributed by atoms with Gasteiger partial charge in [-0.25, -0.2) is 10.3 Å². The molecule has 1 aromatic carbocycles. The van der Waals surface area contributed by atoms with Crippen LogP contribution in [0.2, 0.25) is 0 Å². The molecule has 1 heterocycles. The van der Waals surface area contributed by atoms with E-state index in [1.807, 2.05) is 27.7 Å². The highest BCUT2D eigenvalue weighted by molar-refractivity contribution is 7.90. The number of fused-ring (bicyclic) bond motifs is 1. The Morgan fingerprint density at radius 2 is 1.74 bits per heavy atom. The van der Waals surface area contributed by atoms with Crippen molar-refractivity contribution in [1.82, 2.24) is 11.0 Å². The monoisotopic (exact) mass is 497 g/mol. The second-order valence-corrected chi connectivity index (χ2v) is 11.9. The Morgan fingerprint density at radius 1 is 1.09 bits per heavy atom. The standard InChI is InChI=1S/C24H39N3O6S/c1-10-11-12-13-19(28)32-25-22(26-33-23(5,6)7)27-34(29,30)21-16(3)15(2)20-18(17(21)4)14-24(8,9)31-20/h10-14H2,1-9H3,(H2,25,26,27). The number of carbonyl (C=O) groups excluding carboxylic acids is 1. The maximum atomic E-state index is 13.5. The molecular weight excluding hydrogens is 458 g/mol. The molecule has 1 aromatic rings. The van der Waals surface area contributed by atoms with E-state index in [1.165, 1.54) is 0 Å². The topological polar surface area (TPSA) is 115 Å².